The van der Waals surface area contributed by atoms with E-state index in [4.69, 9.17) is 5.26 Å². The zero-order valence-corrected chi connectivity index (χ0v) is 8.83. The van der Waals surface area contributed by atoms with Gasteiger partial charge in [-0.3, -0.25) is 0 Å². The lowest BCUT2D eigenvalue weighted by molar-refractivity contribution is 0.473. The summed E-state index contributed by atoms with van der Waals surface area (Å²) in [5.41, 5.74) is 1.52. The standard InChI is InChI=1S/C12H15NO/c1-4-12(3,8-13)11-6-5-10(14)7-9(11)2/h5-7,14H,4H2,1-3H3. The topological polar surface area (TPSA) is 44.0 Å². The SMILES string of the molecule is CCC(C)(C#N)c1ccc(O)cc1C. The Bertz CT molecular complexity index is 378. The zero-order chi connectivity index (χ0) is 10.8. The molecule has 1 aromatic carbocycles. The monoisotopic (exact) mass is 189 g/mol. The largest absolute Gasteiger partial charge is 0.508 e. The van der Waals surface area contributed by atoms with Crippen LogP contribution in [0.25, 0.3) is 0 Å². The first-order chi connectivity index (χ1) is 6.53. The van der Waals surface area contributed by atoms with Crippen molar-refractivity contribution in [2.45, 2.75) is 32.6 Å². The molecule has 14 heavy (non-hydrogen) atoms. The van der Waals surface area contributed by atoms with Crippen molar-refractivity contribution in [2.75, 3.05) is 0 Å². The van der Waals surface area contributed by atoms with Gasteiger partial charge in [0.2, 0.25) is 0 Å². The molecule has 1 aromatic rings. The molecule has 74 valence electrons. The van der Waals surface area contributed by atoms with Crippen LogP contribution in [0.5, 0.6) is 5.75 Å². The second-order valence-electron chi connectivity index (χ2n) is 3.80. The summed E-state index contributed by atoms with van der Waals surface area (Å²) in [5, 5.41) is 18.4. The summed E-state index contributed by atoms with van der Waals surface area (Å²) in [5.74, 6) is 0.252. The van der Waals surface area contributed by atoms with Crippen molar-refractivity contribution in [3.8, 4) is 11.8 Å². The van der Waals surface area contributed by atoms with Crippen molar-refractivity contribution in [1.82, 2.24) is 0 Å². The minimum absolute atomic E-state index is 0.252. The van der Waals surface area contributed by atoms with Crippen molar-refractivity contribution in [3.63, 3.8) is 0 Å². The highest BCUT2D eigenvalue weighted by molar-refractivity contribution is 5.41. The molecule has 0 aliphatic carbocycles. The Kier molecular flexibility index (Phi) is 2.81. The smallest absolute Gasteiger partial charge is 0.115 e. The number of hydrogen-bond acceptors (Lipinski definition) is 2. The molecule has 1 rings (SSSR count). The predicted molar refractivity (Wildman–Crippen MR) is 56.1 cm³/mol. The molecule has 1 N–H and O–H groups in total. The summed E-state index contributed by atoms with van der Waals surface area (Å²) in [6.07, 6.45) is 0.773. The summed E-state index contributed by atoms with van der Waals surface area (Å²) >= 11 is 0. The first-order valence-corrected chi connectivity index (χ1v) is 4.75. The maximum atomic E-state index is 9.27. The van der Waals surface area contributed by atoms with E-state index < -0.39 is 5.41 Å². The lowest BCUT2D eigenvalue weighted by Gasteiger charge is -2.22. The molecule has 0 aromatic heterocycles. The number of phenols is 1. The normalized spacial score (nSPS) is 14.4. The van der Waals surface area contributed by atoms with Crippen molar-refractivity contribution in [2.24, 2.45) is 0 Å². The van der Waals surface area contributed by atoms with Gasteiger partial charge in [-0.15, -0.1) is 0 Å². The molecule has 0 aliphatic rings. The Hall–Kier alpha value is -1.49. The van der Waals surface area contributed by atoms with E-state index in [0.717, 1.165) is 17.5 Å². The average Bonchev–Trinajstić information content (AvgIpc) is 2.17. The van der Waals surface area contributed by atoms with Gasteiger partial charge in [0.05, 0.1) is 11.5 Å². The van der Waals surface area contributed by atoms with E-state index >= 15 is 0 Å². The van der Waals surface area contributed by atoms with Gasteiger partial charge in [0, 0.05) is 0 Å². The van der Waals surface area contributed by atoms with Crippen LogP contribution < -0.4 is 0 Å². The van der Waals surface area contributed by atoms with Crippen LogP contribution in [0.4, 0.5) is 0 Å². The van der Waals surface area contributed by atoms with Gasteiger partial charge >= 0.3 is 0 Å². The van der Waals surface area contributed by atoms with E-state index in [0.29, 0.717) is 0 Å². The number of aromatic hydroxyl groups is 1. The molecule has 0 amide bonds. The van der Waals surface area contributed by atoms with Crippen LogP contribution in [0.15, 0.2) is 18.2 Å². The van der Waals surface area contributed by atoms with E-state index in [-0.39, 0.29) is 5.75 Å². The van der Waals surface area contributed by atoms with Crippen LogP contribution in [0.2, 0.25) is 0 Å². The summed E-state index contributed by atoms with van der Waals surface area (Å²) < 4.78 is 0. The van der Waals surface area contributed by atoms with Crippen molar-refractivity contribution in [1.29, 1.82) is 5.26 Å². The third kappa shape index (κ3) is 1.72. The van der Waals surface area contributed by atoms with E-state index in [2.05, 4.69) is 6.07 Å². The summed E-state index contributed by atoms with van der Waals surface area (Å²) in [6, 6.07) is 7.48. The lowest BCUT2D eigenvalue weighted by atomic mass is 9.79. The molecular formula is C12H15NO. The molecular weight excluding hydrogens is 174 g/mol. The molecule has 2 heteroatoms. The first-order valence-electron chi connectivity index (χ1n) is 4.75. The fraction of sp³-hybridized carbons (Fsp3) is 0.417. The molecule has 0 saturated heterocycles. The van der Waals surface area contributed by atoms with Crippen molar-refractivity contribution in [3.05, 3.63) is 29.3 Å². The third-order valence-electron chi connectivity index (χ3n) is 2.76. The van der Waals surface area contributed by atoms with Crippen LogP contribution in [-0.4, -0.2) is 5.11 Å². The molecule has 0 bridgehead atoms. The quantitative estimate of drug-likeness (QED) is 0.777. The van der Waals surface area contributed by atoms with Crippen LogP contribution in [-0.2, 0) is 5.41 Å². The minimum Gasteiger partial charge on any atom is -0.508 e. The molecule has 0 spiro atoms. The molecule has 2 nitrogen and oxygen atoms in total. The fourth-order valence-corrected chi connectivity index (χ4v) is 1.60. The Balaban J connectivity index is 3.26. The molecule has 0 radical (unpaired) electrons. The second kappa shape index (κ2) is 3.71. The van der Waals surface area contributed by atoms with E-state index in [1.54, 1.807) is 12.1 Å². The molecule has 0 fully saturated rings. The van der Waals surface area contributed by atoms with Gasteiger partial charge in [-0.1, -0.05) is 13.0 Å². The summed E-state index contributed by atoms with van der Waals surface area (Å²) in [4.78, 5) is 0. The molecule has 0 saturated carbocycles. The first kappa shape index (κ1) is 10.6. The maximum absolute atomic E-state index is 9.27. The highest BCUT2D eigenvalue weighted by atomic mass is 16.3. The second-order valence-corrected chi connectivity index (χ2v) is 3.80. The number of benzene rings is 1. The number of hydrogen-bond donors (Lipinski definition) is 1. The highest BCUT2D eigenvalue weighted by Crippen LogP contribution is 2.30. The number of rotatable bonds is 2. The molecule has 1 atom stereocenters. The van der Waals surface area contributed by atoms with Gasteiger partial charge in [-0.05, 0) is 43.5 Å². The van der Waals surface area contributed by atoms with Crippen LogP contribution in [0.3, 0.4) is 0 Å². The highest BCUT2D eigenvalue weighted by Gasteiger charge is 2.25. The average molecular weight is 189 g/mol. The number of nitrogens with zero attached hydrogens (tertiary/aromatic N) is 1. The molecule has 0 aliphatic heterocycles. The van der Waals surface area contributed by atoms with E-state index in [9.17, 15) is 5.11 Å². The molecule has 0 heterocycles. The lowest BCUT2D eigenvalue weighted by Crippen LogP contribution is -2.19. The van der Waals surface area contributed by atoms with Crippen molar-refractivity contribution < 1.29 is 5.11 Å². The Labute approximate surface area is 84.8 Å². The third-order valence-corrected chi connectivity index (χ3v) is 2.76. The summed E-state index contributed by atoms with van der Waals surface area (Å²) in [6.45, 7) is 5.84. The minimum atomic E-state index is -0.447. The Morgan fingerprint density at radius 2 is 2.14 bits per heavy atom. The zero-order valence-electron chi connectivity index (χ0n) is 8.83. The summed E-state index contributed by atoms with van der Waals surface area (Å²) in [7, 11) is 0. The van der Waals surface area contributed by atoms with Gasteiger partial charge in [0.1, 0.15) is 5.75 Å². The van der Waals surface area contributed by atoms with Gasteiger partial charge in [-0.25, -0.2) is 0 Å². The Morgan fingerprint density at radius 1 is 1.50 bits per heavy atom. The van der Waals surface area contributed by atoms with Gasteiger partial charge < -0.3 is 5.11 Å². The van der Waals surface area contributed by atoms with Gasteiger partial charge in [0.15, 0.2) is 0 Å². The van der Waals surface area contributed by atoms with Gasteiger partial charge in [-0.2, -0.15) is 5.26 Å². The van der Waals surface area contributed by atoms with Crippen LogP contribution >= 0.6 is 0 Å². The van der Waals surface area contributed by atoms with Gasteiger partial charge in [0.25, 0.3) is 0 Å². The fourth-order valence-electron chi connectivity index (χ4n) is 1.60. The predicted octanol–water partition coefficient (Wildman–Crippen LogP) is 2.89. The van der Waals surface area contributed by atoms with Crippen molar-refractivity contribution >= 4 is 0 Å². The van der Waals surface area contributed by atoms with E-state index in [1.165, 1.54) is 0 Å². The number of nitriles is 1. The van der Waals surface area contributed by atoms with Crippen LogP contribution in [0, 0.1) is 18.3 Å². The maximum Gasteiger partial charge on any atom is 0.115 e. The Morgan fingerprint density at radius 3 is 2.57 bits per heavy atom. The number of phenolic OH excluding ortho intramolecular Hbond substituents is 1. The molecule has 1 unspecified atom stereocenters. The van der Waals surface area contributed by atoms with E-state index in [1.807, 2.05) is 26.8 Å². The number of aryl methyl sites for hydroxylation is 1. The van der Waals surface area contributed by atoms with Crippen LogP contribution in [0.1, 0.15) is 31.4 Å².